The van der Waals surface area contributed by atoms with Gasteiger partial charge in [0.25, 0.3) is 0 Å². The van der Waals surface area contributed by atoms with Gasteiger partial charge in [-0.05, 0) is 71.1 Å². The minimum Gasteiger partial charge on any atom is -0.366 e. The number of carbonyl (C=O) groups is 3. The minimum absolute atomic E-state index is 0.321. The van der Waals surface area contributed by atoms with Crippen LogP contribution in [0.1, 0.15) is 10.4 Å². The Kier molecular flexibility index (Phi) is 5.10. The number of primary amides is 1. The molecule has 0 fully saturated rings. The average Bonchev–Trinajstić information content (AvgIpc) is 2.50. The molecular formula is C15H12IN3O3. The molecule has 0 aliphatic rings. The van der Waals surface area contributed by atoms with Gasteiger partial charge in [0.05, 0.1) is 0 Å². The predicted octanol–water partition coefficient (Wildman–Crippen LogP) is 1.97. The van der Waals surface area contributed by atoms with Crippen molar-refractivity contribution in [3.8, 4) is 0 Å². The lowest BCUT2D eigenvalue weighted by Gasteiger charge is -2.07. The predicted molar refractivity (Wildman–Crippen MR) is 91.4 cm³/mol. The maximum Gasteiger partial charge on any atom is 0.314 e. The highest BCUT2D eigenvalue weighted by molar-refractivity contribution is 14.1. The molecule has 7 heteroatoms. The van der Waals surface area contributed by atoms with E-state index in [1.807, 2.05) is 12.1 Å². The molecule has 0 radical (unpaired) electrons. The summed E-state index contributed by atoms with van der Waals surface area (Å²) in [5.74, 6) is -2.14. The largest absolute Gasteiger partial charge is 0.366 e. The Balaban J connectivity index is 1.97. The Morgan fingerprint density at radius 3 is 1.59 bits per heavy atom. The van der Waals surface area contributed by atoms with E-state index in [1.54, 1.807) is 12.1 Å². The lowest BCUT2D eigenvalue weighted by Crippen LogP contribution is -2.29. The van der Waals surface area contributed by atoms with Gasteiger partial charge < -0.3 is 16.4 Å². The summed E-state index contributed by atoms with van der Waals surface area (Å²) < 4.78 is 1.02. The van der Waals surface area contributed by atoms with Crippen LogP contribution in [-0.4, -0.2) is 17.7 Å². The monoisotopic (exact) mass is 409 g/mol. The fourth-order valence-electron chi connectivity index (χ4n) is 1.63. The van der Waals surface area contributed by atoms with Gasteiger partial charge in [-0.2, -0.15) is 0 Å². The Labute approximate surface area is 140 Å². The Bertz CT molecular complexity index is 712. The van der Waals surface area contributed by atoms with E-state index in [4.69, 9.17) is 5.73 Å². The molecule has 3 amide bonds. The van der Waals surface area contributed by atoms with Crippen molar-refractivity contribution < 1.29 is 14.4 Å². The Morgan fingerprint density at radius 1 is 0.773 bits per heavy atom. The first-order chi connectivity index (χ1) is 10.5. The zero-order valence-electron chi connectivity index (χ0n) is 11.3. The minimum atomic E-state index is -0.801. The van der Waals surface area contributed by atoms with Crippen LogP contribution in [0.25, 0.3) is 0 Å². The van der Waals surface area contributed by atoms with E-state index in [1.165, 1.54) is 24.3 Å². The van der Waals surface area contributed by atoms with E-state index in [0.717, 1.165) is 3.57 Å². The Morgan fingerprint density at radius 2 is 1.18 bits per heavy atom. The van der Waals surface area contributed by atoms with Gasteiger partial charge in [-0.15, -0.1) is 0 Å². The van der Waals surface area contributed by atoms with Crippen LogP contribution in [-0.2, 0) is 9.59 Å². The molecule has 0 aliphatic carbocycles. The molecule has 0 unspecified atom stereocenters. The molecular weight excluding hydrogens is 397 g/mol. The summed E-state index contributed by atoms with van der Waals surface area (Å²) in [5, 5.41) is 4.93. The summed E-state index contributed by atoms with van der Waals surface area (Å²) in [4.78, 5) is 34.5. The second-order valence-corrected chi connectivity index (χ2v) is 5.60. The average molecular weight is 409 g/mol. The lowest BCUT2D eigenvalue weighted by molar-refractivity contribution is -0.132. The maximum atomic E-state index is 11.8. The van der Waals surface area contributed by atoms with Crippen LogP contribution in [0.4, 0.5) is 11.4 Å². The summed E-state index contributed by atoms with van der Waals surface area (Å²) >= 11 is 2.14. The molecule has 0 atom stereocenters. The summed E-state index contributed by atoms with van der Waals surface area (Å²) in [6, 6.07) is 13.0. The molecule has 0 aliphatic heterocycles. The summed E-state index contributed by atoms with van der Waals surface area (Å²) in [6.07, 6.45) is 0. The van der Waals surface area contributed by atoms with Crippen molar-refractivity contribution in [3.63, 3.8) is 0 Å². The van der Waals surface area contributed by atoms with E-state index in [9.17, 15) is 14.4 Å². The van der Waals surface area contributed by atoms with Gasteiger partial charge in [-0.3, -0.25) is 14.4 Å². The fourth-order valence-corrected chi connectivity index (χ4v) is 1.99. The van der Waals surface area contributed by atoms with E-state index in [-0.39, 0.29) is 0 Å². The second-order valence-electron chi connectivity index (χ2n) is 4.36. The molecule has 4 N–H and O–H groups in total. The summed E-state index contributed by atoms with van der Waals surface area (Å²) in [5.41, 5.74) is 6.37. The summed E-state index contributed by atoms with van der Waals surface area (Å²) in [7, 11) is 0. The van der Waals surface area contributed by atoms with Gasteiger partial charge in [0, 0.05) is 20.5 Å². The molecule has 0 spiro atoms. The van der Waals surface area contributed by atoms with E-state index >= 15 is 0 Å². The third-order valence-corrected chi connectivity index (χ3v) is 3.45. The van der Waals surface area contributed by atoms with Gasteiger partial charge in [0.2, 0.25) is 5.91 Å². The first-order valence-electron chi connectivity index (χ1n) is 6.23. The third kappa shape index (κ3) is 4.29. The zero-order chi connectivity index (χ0) is 16.1. The topological polar surface area (TPSA) is 101 Å². The van der Waals surface area contributed by atoms with Crippen LogP contribution in [0, 0.1) is 3.57 Å². The number of halogens is 1. The highest BCUT2D eigenvalue weighted by Gasteiger charge is 2.14. The first kappa shape index (κ1) is 16.0. The standard InChI is InChI=1S/C15H12IN3O3/c16-10-3-7-12(8-4-10)19-15(22)14(21)18-11-5-1-9(2-6-11)13(17)20/h1-8H,(H2,17,20)(H,18,21)(H,19,22). The fraction of sp³-hybridized carbons (Fsp3) is 0. The van der Waals surface area contributed by atoms with Crippen molar-refractivity contribution in [1.29, 1.82) is 0 Å². The van der Waals surface area contributed by atoms with Gasteiger partial charge in [-0.25, -0.2) is 0 Å². The SMILES string of the molecule is NC(=O)c1ccc(NC(=O)C(=O)Nc2ccc(I)cc2)cc1. The number of hydrogen-bond donors (Lipinski definition) is 3. The van der Waals surface area contributed by atoms with Gasteiger partial charge in [0.1, 0.15) is 0 Å². The smallest absolute Gasteiger partial charge is 0.314 e. The molecule has 112 valence electrons. The highest BCUT2D eigenvalue weighted by Crippen LogP contribution is 2.12. The molecule has 2 aromatic carbocycles. The van der Waals surface area contributed by atoms with Crippen LogP contribution in [0.2, 0.25) is 0 Å². The van der Waals surface area contributed by atoms with Crippen LogP contribution >= 0.6 is 22.6 Å². The Hall–Kier alpha value is -2.42. The molecule has 0 saturated heterocycles. The van der Waals surface area contributed by atoms with Crippen molar-refractivity contribution in [3.05, 3.63) is 57.7 Å². The van der Waals surface area contributed by atoms with Gasteiger partial charge in [-0.1, -0.05) is 0 Å². The van der Waals surface area contributed by atoms with Crippen molar-refractivity contribution in [2.45, 2.75) is 0 Å². The quantitative estimate of drug-likeness (QED) is 0.534. The lowest BCUT2D eigenvalue weighted by atomic mass is 10.2. The second kappa shape index (κ2) is 7.03. The van der Waals surface area contributed by atoms with E-state index in [2.05, 4.69) is 33.2 Å². The maximum absolute atomic E-state index is 11.8. The van der Waals surface area contributed by atoms with Crippen molar-refractivity contribution in [2.24, 2.45) is 5.73 Å². The number of hydrogen-bond acceptors (Lipinski definition) is 3. The highest BCUT2D eigenvalue weighted by atomic mass is 127. The molecule has 0 bridgehead atoms. The van der Waals surface area contributed by atoms with E-state index < -0.39 is 17.7 Å². The van der Waals surface area contributed by atoms with Crippen LogP contribution in [0.15, 0.2) is 48.5 Å². The number of carbonyl (C=O) groups excluding carboxylic acids is 3. The van der Waals surface area contributed by atoms with Crippen LogP contribution < -0.4 is 16.4 Å². The number of rotatable bonds is 3. The molecule has 0 saturated carbocycles. The van der Waals surface area contributed by atoms with Crippen molar-refractivity contribution >= 4 is 51.7 Å². The van der Waals surface area contributed by atoms with Gasteiger partial charge >= 0.3 is 11.8 Å². The molecule has 0 aromatic heterocycles. The number of amides is 3. The number of nitrogens with one attached hydrogen (secondary N) is 2. The van der Waals surface area contributed by atoms with Crippen molar-refractivity contribution in [2.75, 3.05) is 10.6 Å². The molecule has 2 aromatic rings. The van der Waals surface area contributed by atoms with Crippen LogP contribution in [0.3, 0.4) is 0 Å². The summed E-state index contributed by atoms with van der Waals surface area (Å²) in [6.45, 7) is 0. The van der Waals surface area contributed by atoms with Crippen LogP contribution in [0.5, 0.6) is 0 Å². The van der Waals surface area contributed by atoms with Gasteiger partial charge in [0.15, 0.2) is 0 Å². The third-order valence-electron chi connectivity index (χ3n) is 2.74. The molecule has 0 heterocycles. The zero-order valence-corrected chi connectivity index (χ0v) is 13.5. The molecule has 22 heavy (non-hydrogen) atoms. The number of anilines is 2. The van der Waals surface area contributed by atoms with Crippen molar-refractivity contribution in [1.82, 2.24) is 0 Å². The first-order valence-corrected chi connectivity index (χ1v) is 7.31. The number of benzene rings is 2. The molecule has 6 nitrogen and oxygen atoms in total. The van der Waals surface area contributed by atoms with E-state index in [0.29, 0.717) is 16.9 Å². The number of nitrogens with two attached hydrogens (primary N) is 1. The normalized spacial score (nSPS) is 9.86. The molecule has 2 rings (SSSR count).